The number of hydrogen-bond donors (Lipinski definition) is 2. The summed E-state index contributed by atoms with van der Waals surface area (Å²) in [4.78, 5) is 0. The molecule has 1 rings (SSSR count). The number of ether oxygens (including phenoxy) is 1. The van der Waals surface area contributed by atoms with Gasteiger partial charge in [0.2, 0.25) is 0 Å². The molecule has 3 nitrogen and oxygen atoms in total. The van der Waals surface area contributed by atoms with E-state index in [2.05, 4.69) is 43.5 Å². The summed E-state index contributed by atoms with van der Waals surface area (Å²) in [5.41, 5.74) is 5.51. The normalized spacial score (nSPS) is 14.6. The van der Waals surface area contributed by atoms with Crippen LogP contribution < -0.4 is 11.3 Å². The molecule has 1 aromatic rings. The molecular formula is C14H24N2O. The van der Waals surface area contributed by atoms with E-state index in [9.17, 15) is 0 Å². The van der Waals surface area contributed by atoms with Gasteiger partial charge in [-0.3, -0.25) is 11.3 Å². The molecule has 17 heavy (non-hydrogen) atoms. The SMILES string of the molecule is COCC(C)CC(Cc1ccc(C)cc1)NN. The van der Waals surface area contributed by atoms with Crippen LogP contribution in [0.5, 0.6) is 0 Å². The summed E-state index contributed by atoms with van der Waals surface area (Å²) in [5.74, 6) is 6.12. The molecule has 96 valence electrons. The van der Waals surface area contributed by atoms with Gasteiger partial charge in [-0.05, 0) is 31.2 Å². The number of benzene rings is 1. The Labute approximate surface area is 104 Å². The van der Waals surface area contributed by atoms with Crippen LogP contribution in [0.4, 0.5) is 0 Å². The molecule has 0 saturated carbocycles. The lowest BCUT2D eigenvalue weighted by atomic mass is 9.97. The van der Waals surface area contributed by atoms with Crippen molar-refractivity contribution in [1.82, 2.24) is 5.43 Å². The van der Waals surface area contributed by atoms with E-state index in [1.54, 1.807) is 7.11 Å². The van der Waals surface area contributed by atoms with Crippen LogP contribution in [0.25, 0.3) is 0 Å². The third kappa shape index (κ3) is 5.31. The highest BCUT2D eigenvalue weighted by Gasteiger charge is 2.12. The third-order valence-electron chi connectivity index (χ3n) is 2.98. The molecule has 3 heteroatoms. The van der Waals surface area contributed by atoms with Crippen molar-refractivity contribution in [3.63, 3.8) is 0 Å². The summed E-state index contributed by atoms with van der Waals surface area (Å²) < 4.78 is 5.15. The first-order valence-corrected chi connectivity index (χ1v) is 6.16. The Bertz CT molecular complexity index is 311. The van der Waals surface area contributed by atoms with Crippen LogP contribution in [-0.2, 0) is 11.2 Å². The predicted octanol–water partition coefficient (Wildman–Crippen LogP) is 2.04. The van der Waals surface area contributed by atoms with Crippen LogP contribution in [0.3, 0.4) is 0 Å². The fraction of sp³-hybridized carbons (Fsp3) is 0.571. The van der Waals surface area contributed by atoms with Crippen LogP contribution in [0.15, 0.2) is 24.3 Å². The lowest BCUT2D eigenvalue weighted by Gasteiger charge is -2.20. The molecule has 0 heterocycles. The lowest BCUT2D eigenvalue weighted by molar-refractivity contribution is 0.149. The van der Waals surface area contributed by atoms with Crippen molar-refractivity contribution >= 4 is 0 Å². The van der Waals surface area contributed by atoms with E-state index in [4.69, 9.17) is 10.6 Å². The molecule has 0 fully saturated rings. The van der Waals surface area contributed by atoms with E-state index in [1.165, 1.54) is 11.1 Å². The first kappa shape index (κ1) is 14.2. The van der Waals surface area contributed by atoms with Crippen molar-refractivity contribution in [3.8, 4) is 0 Å². The average molecular weight is 236 g/mol. The maximum absolute atomic E-state index is 5.60. The van der Waals surface area contributed by atoms with Crippen molar-refractivity contribution in [2.24, 2.45) is 11.8 Å². The topological polar surface area (TPSA) is 47.3 Å². The largest absolute Gasteiger partial charge is 0.384 e. The summed E-state index contributed by atoms with van der Waals surface area (Å²) in [6, 6.07) is 8.92. The number of hydrogen-bond acceptors (Lipinski definition) is 3. The smallest absolute Gasteiger partial charge is 0.0488 e. The molecule has 2 atom stereocenters. The minimum absolute atomic E-state index is 0.308. The highest BCUT2D eigenvalue weighted by Crippen LogP contribution is 2.12. The van der Waals surface area contributed by atoms with E-state index >= 15 is 0 Å². The van der Waals surface area contributed by atoms with Crippen molar-refractivity contribution in [3.05, 3.63) is 35.4 Å². The van der Waals surface area contributed by atoms with Gasteiger partial charge in [-0.15, -0.1) is 0 Å². The number of methoxy groups -OCH3 is 1. The second kappa shape index (κ2) is 7.43. The molecule has 0 bridgehead atoms. The number of aryl methyl sites for hydroxylation is 1. The molecule has 2 unspecified atom stereocenters. The maximum Gasteiger partial charge on any atom is 0.0488 e. The van der Waals surface area contributed by atoms with Crippen LogP contribution in [-0.4, -0.2) is 19.8 Å². The molecule has 0 aliphatic carbocycles. The summed E-state index contributed by atoms with van der Waals surface area (Å²) in [6.07, 6.45) is 1.99. The summed E-state index contributed by atoms with van der Waals surface area (Å²) in [6.45, 7) is 5.07. The second-order valence-electron chi connectivity index (χ2n) is 4.85. The first-order chi connectivity index (χ1) is 8.15. The minimum atomic E-state index is 0.308. The highest BCUT2D eigenvalue weighted by molar-refractivity contribution is 5.22. The van der Waals surface area contributed by atoms with Crippen LogP contribution in [0.2, 0.25) is 0 Å². The maximum atomic E-state index is 5.60. The highest BCUT2D eigenvalue weighted by atomic mass is 16.5. The third-order valence-corrected chi connectivity index (χ3v) is 2.98. The Morgan fingerprint density at radius 1 is 1.29 bits per heavy atom. The van der Waals surface area contributed by atoms with Gasteiger partial charge in [0.25, 0.3) is 0 Å². The monoisotopic (exact) mass is 236 g/mol. The van der Waals surface area contributed by atoms with E-state index in [0.29, 0.717) is 12.0 Å². The molecular weight excluding hydrogens is 212 g/mol. The Kier molecular flexibility index (Phi) is 6.19. The minimum Gasteiger partial charge on any atom is -0.384 e. The van der Waals surface area contributed by atoms with Gasteiger partial charge in [0.1, 0.15) is 0 Å². The summed E-state index contributed by atoms with van der Waals surface area (Å²) in [5, 5.41) is 0. The molecule has 0 aliphatic heterocycles. The zero-order chi connectivity index (χ0) is 12.7. The molecule has 3 N–H and O–H groups in total. The summed E-state index contributed by atoms with van der Waals surface area (Å²) in [7, 11) is 1.74. The summed E-state index contributed by atoms with van der Waals surface area (Å²) >= 11 is 0. The van der Waals surface area contributed by atoms with Crippen molar-refractivity contribution < 1.29 is 4.74 Å². The van der Waals surface area contributed by atoms with Gasteiger partial charge >= 0.3 is 0 Å². The van der Waals surface area contributed by atoms with Crippen LogP contribution in [0.1, 0.15) is 24.5 Å². The number of nitrogens with two attached hydrogens (primary N) is 1. The van der Waals surface area contributed by atoms with Gasteiger partial charge in [0.05, 0.1) is 0 Å². The lowest BCUT2D eigenvalue weighted by Crippen LogP contribution is -2.38. The van der Waals surface area contributed by atoms with Crippen molar-refractivity contribution in [1.29, 1.82) is 0 Å². The second-order valence-corrected chi connectivity index (χ2v) is 4.85. The van der Waals surface area contributed by atoms with E-state index in [0.717, 1.165) is 19.4 Å². The van der Waals surface area contributed by atoms with Gasteiger partial charge in [-0.1, -0.05) is 36.8 Å². The quantitative estimate of drug-likeness (QED) is 0.562. The first-order valence-electron chi connectivity index (χ1n) is 6.16. The molecule has 0 aliphatic rings. The number of hydrazine groups is 1. The number of rotatable bonds is 7. The zero-order valence-electron chi connectivity index (χ0n) is 11.1. The Morgan fingerprint density at radius 2 is 1.94 bits per heavy atom. The van der Waals surface area contributed by atoms with E-state index < -0.39 is 0 Å². The fourth-order valence-corrected chi connectivity index (χ4v) is 2.06. The molecule has 0 saturated heterocycles. The molecule has 0 amide bonds. The standard InChI is InChI=1S/C14H24N2O/c1-11-4-6-13(7-5-11)9-14(16-15)8-12(2)10-17-3/h4-7,12,14,16H,8-10,15H2,1-3H3. The molecule has 1 aromatic carbocycles. The van der Waals surface area contributed by atoms with Gasteiger partial charge in [0, 0.05) is 19.8 Å². The van der Waals surface area contributed by atoms with Crippen molar-refractivity contribution in [2.45, 2.75) is 32.7 Å². The van der Waals surface area contributed by atoms with E-state index in [-0.39, 0.29) is 0 Å². The molecule has 0 aromatic heterocycles. The molecule has 0 radical (unpaired) electrons. The van der Waals surface area contributed by atoms with Crippen LogP contribution >= 0.6 is 0 Å². The average Bonchev–Trinajstić information content (AvgIpc) is 2.31. The number of nitrogens with one attached hydrogen (secondary N) is 1. The van der Waals surface area contributed by atoms with Gasteiger partial charge < -0.3 is 4.74 Å². The Balaban J connectivity index is 2.48. The Morgan fingerprint density at radius 3 is 2.47 bits per heavy atom. The van der Waals surface area contributed by atoms with Gasteiger partial charge in [-0.25, -0.2) is 0 Å². The zero-order valence-corrected chi connectivity index (χ0v) is 11.1. The van der Waals surface area contributed by atoms with Gasteiger partial charge in [-0.2, -0.15) is 0 Å². The van der Waals surface area contributed by atoms with Gasteiger partial charge in [0.15, 0.2) is 0 Å². The van der Waals surface area contributed by atoms with E-state index in [1.807, 2.05) is 0 Å². The molecule has 0 spiro atoms. The predicted molar refractivity (Wildman–Crippen MR) is 71.7 cm³/mol. The van der Waals surface area contributed by atoms with Crippen molar-refractivity contribution in [2.75, 3.05) is 13.7 Å². The fourth-order valence-electron chi connectivity index (χ4n) is 2.06. The van der Waals surface area contributed by atoms with Crippen LogP contribution in [0, 0.1) is 12.8 Å². The Hall–Kier alpha value is -0.900.